The summed E-state index contributed by atoms with van der Waals surface area (Å²) in [5, 5.41) is 14.0. The molecule has 1 amide bonds. The Morgan fingerprint density at radius 1 is 1.33 bits per heavy atom. The number of amides is 1. The predicted molar refractivity (Wildman–Crippen MR) is 100 cm³/mol. The summed E-state index contributed by atoms with van der Waals surface area (Å²) in [6, 6.07) is 5.91. The van der Waals surface area contributed by atoms with E-state index < -0.39 is 5.60 Å². The summed E-state index contributed by atoms with van der Waals surface area (Å²) in [7, 11) is 0. The largest absolute Gasteiger partial charge is 0.493 e. The third-order valence-corrected chi connectivity index (χ3v) is 6.70. The van der Waals surface area contributed by atoms with Crippen LogP contribution in [0.1, 0.15) is 49.4 Å². The van der Waals surface area contributed by atoms with Crippen LogP contribution in [-0.4, -0.2) is 29.3 Å². The van der Waals surface area contributed by atoms with E-state index in [4.69, 9.17) is 4.74 Å². The minimum absolute atomic E-state index is 0.0423. The number of hydrogen-bond donors (Lipinski definition) is 2. The first-order chi connectivity index (χ1) is 11.5. The molecule has 2 N–H and O–H groups in total. The molecule has 24 heavy (non-hydrogen) atoms. The molecule has 0 heterocycles. The zero-order valence-corrected chi connectivity index (χ0v) is 16.1. The quantitative estimate of drug-likeness (QED) is 0.705. The zero-order valence-electron chi connectivity index (χ0n) is 13.9. The van der Waals surface area contributed by atoms with Crippen molar-refractivity contribution >= 4 is 28.5 Å². The van der Waals surface area contributed by atoms with Crippen molar-refractivity contribution in [2.24, 2.45) is 17.8 Å². The number of carbonyl (C=O) groups is 1. The Balaban J connectivity index is 1.53. The molecule has 0 aliphatic heterocycles. The third-order valence-electron chi connectivity index (χ3n) is 6.03. The summed E-state index contributed by atoms with van der Waals surface area (Å²) in [6.07, 6.45) is 4.95. The second kappa shape index (κ2) is 6.16. The molecule has 0 radical (unpaired) electrons. The highest BCUT2D eigenvalue weighted by Crippen LogP contribution is 2.55. The summed E-state index contributed by atoms with van der Waals surface area (Å²) in [6.45, 7) is 2.48. The van der Waals surface area contributed by atoms with Gasteiger partial charge in [-0.2, -0.15) is 0 Å². The number of benzene rings is 1. The zero-order chi connectivity index (χ0) is 16.9. The van der Waals surface area contributed by atoms with Crippen LogP contribution in [0.3, 0.4) is 0 Å². The number of rotatable bonds is 4. The van der Waals surface area contributed by atoms with Gasteiger partial charge in [0.05, 0.1) is 17.8 Å². The van der Waals surface area contributed by atoms with Gasteiger partial charge in [0, 0.05) is 9.61 Å². The fourth-order valence-electron chi connectivity index (χ4n) is 5.40. The molecule has 2 unspecified atom stereocenters. The lowest BCUT2D eigenvalue weighted by Crippen LogP contribution is -2.61. The molecule has 5 heteroatoms. The van der Waals surface area contributed by atoms with Gasteiger partial charge in [0.2, 0.25) is 0 Å². The predicted octanol–water partition coefficient (Wildman–Crippen LogP) is 3.36. The van der Waals surface area contributed by atoms with Crippen molar-refractivity contribution in [1.29, 1.82) is 0 Å². The van der Waals surface area contributed by atoms with Gasteiger partial charge in [-0.15, -0.1) is 0 Å². The number of carbonyl (C=O) groups excluding carboxylic acids is 1. The molecule has 1 aromatic rings. The Morgan fingerprint density at radius 3 is 2.67 bits per heavy atom. The molecule has 130 valence electrons. The van der Waals surface area contributed by atoms with Gasteiger partial charge < -0.3 is 15.2 Å². The summed E-state index contributed by atoms with van der Waals surface area (Å²) < 4.78 is 6.72. The smallest absolute Gasteiger partial charge is 0.255 e. The van der Waals surface area contributed by atoms with Gasteiger partial charge in [-0.05, 0) is 97.6 Å². The van der Waals surface area contributed by atoms with E-state index in [1.807, 2.05) is 25.1 Å². The molecule has 4 bridgehead atoms. The first-order valence-electron chi connectivity index (χ1n) is 8.93. The van der Waals surface area contributed by atoms with Crippen LogP contribution < -0.4 is 10.1 Å². The van der Waals surface area contributed by atoms with E-state index in [2.05, 4.69) is 27.9 Å². The van der Waals surface area contributed by atoms with Gasteiger partial charge in [-0.25, -0.2) is 0 Å². The van der Waals surface area contributed by atoms with E-state index in [1.165, 1.54) is 0 Å². The lowest BCUT2D eigenvalue weighted by Gasteiger charge is -2.58. The molecule has 1 aromatic carbocycles. The number of ether oxygens (including phenoxy) is 1. The highest BCUT2D eigenvalue weighted by molar-refractivity contribution is 14.1. The summed E-state index contributed by atoms with van der Waals surface area (Å²) in [5.41, 5.74) is 0.154. The minimum Gasteiger partial charge on any atom is -0.493 e. The van der Waals surface area contributed by atoms with E-state index in [0.717, 1.165) is 35.7 Å². The number of aliphatic hydroxyl groups is 1. The Labute approximate surface area is 156 Å². The van der Waals surface area contributed by atoms with E-state index in [1.54, 1.807) is 0 Å². The van der Waals surface area contributed by atoms with Crippen LogP contribution in [0.4, 0.5) is 0 Å². The number of nitrogens with one attached hydrogen (secondary N) is 1. The molecule has 2 atom stereocenters. The molecule has 0 aromatic heterocycles. The van der Waals surface area contributed by atoms with Crippen LogP contribution in [0.15, 0.2) is 18.2 Å². The average Bonchev–Trinajstić information content (AvgIpc) is 2.49. The van der Waals surface area contributed by atoms with Gasteiger partial charge in [0.25, 0.3) is 5.91 Å². The normalized spacial score (nSPS) is 36.6. The Kier molecular flexibility index (Phi) is 4.27. The van der Waals surface area contributed by atoms with Crippen LogP contribution in [0.5, 0.6) is 5.75 Å². The fourth-order valence-corrected chi connectivity index (χ4v) is 5.87. The van der Waals surface area contributed by atoms with Gasteiger partial charge in [-0.3, -0.25) is 4.79 Å². The van der Waals surface area contributed by atoms with Gasteiger partial charge >= 0.3 is 0 Å². The van der Waals surface area contributed by atoms with Crippen molar-refractivity contribution in [1.82, 2.24) is 5.32 Å². The lowest BCUT2D eigenvalue weighted by molar-refractivity contribution is -0.136. The second-order valence-electron chi connectivity index (χ2n) is 7.77. The SMILES string of the molecule is CCOc1cc(I)ccc1C(=O)N[C@H]1C2CC3CC1C[C@](O)(C3)C2. The first kappa shape index (κ1) is 16.6. The van der Waals surface area contributed by atoms with Crippen molar-refractivity contribution in [2.75, 3.05) is 6.61 Å². The van der Waals surface area contributed by atoms with Crippen molar-refractivity contribution in [2.45, 2.75) is 50.7 Å². The maximum atomic E-state index is 12.9. The molecular formula is C19H24INO3. The number of halogens is 1. The Hall–Kier alpha value is -0.820. The maximum absolute atomic E-state index is 12.9. The Bertz CT molecular complexity index is 646. The fraction of sp³-hybridized carbons (Fsp3) is 0.632. The van der Waals surface area contributed by atoms with E-state index in [-0.39, 0.29) is 11.9 Å². The highest BCUT2D eigenvalue weighted by Gasteiger charge is 2.55. The van der Waals surface area contributed by atoms with Crippen LogP contribution >= 0.6 is 22.6 Å². The first-order valence-corrected chi connectivity index (χ1v) is 10.0. The number of hydrogen-bond acceptors (Lipinski definition) is 3. The standard InChI is InChI=1S/C19H24INO3/c1-2-24-16-7-14(20)3-4-15(16)18(22)21-17-12-5-11-6-13(17)10-19(23,8-11)9-12/h3-4,7,11-13,17,23H,2,5-6,8-10H2,1H3,(H,21,22)/t11?,12?,13?,17-,19-. The monoisotopic (exact) mass is 441 g/mol. The van der Waals surface area contributed by atoms with E-state index in [0.29, 0.717) is 35.7 Å². The summed E-state index contributed by atoms with van der Waals surface area (Å²) in [5.74, 6) is 2.11. The average molecular weight is 441 g/mol. The van der Waals surface area contributed by atoms with Crippen LogP contribution in [-0.2, 0) is 0 Å². The second-order valence-corrected chi connectivity index (χ2v) is 9.01. The lowest BCUT2D eigenvalue weighted by atomic mass is 9.52. The summed E-state index contributed by atoms with van der Waals surface area (Å²) in [4.78, 5) is 12.9. The van der Waals surface area contributed by atoms with Crippen molar-refractivity contribution in [3.63, 3.8) is 0 Å². The topological polar surface area (TPSA) is 58.6 Å². The third kappa shape index (κ3) is 2.94. The molecular weight excluding hydrogens is 417 g/mol. The maximum Gasteiger partial charge on any atom is 0.255 e. The molecule has 4 aliphatic rings. The van der Waals surface area contributed by atoms with Gasteiger partial charge in [-0.1, -0.05) is 0 Å². The van der Waals surface area contributed by atoms with E-state index in [9.17, 15) is 9.90 Å². The Morgan fingerprint density at radius 2 is 2.04 bits per heavy atom. The molecule has 0 spiro atoms. The van der Waals surface area contributed by atoms with Crippen molar-refractivity contribution < 1.29 is 14.6 Å². The molecule has 4 nitrogen and oxygen atoms in total. The summed E-state index contributed by atoms with van der Waals surface area (Å²) >= 11 is 2.23. The van der Waals surface area contributed by atoms with Crippen molar-refractivity contribution in [3.05, 3.63) is 27.3 Å². The minimum atomic E-state index is -0.461. The van der Waals surface area contributed by atoms with Gasteiger partial charge in [0.1, 0.15) is 5.75 Å². The van der Waals surface area contributed by atoms with Crippen molar-refractivity contribution in [3.8, 4) is 5.75 Å². The van der Waals surface area contributed by atoms with Crippen LogP contribution in [0.25, 0.3) is 0 Å². The molecule has 4 saturated carbocycles. The molecule has 5 rings (SSSR count). The van der Waals surface area contributed by atoms with E-state index >= 15 is 0 Å². The van der Waals surface area contributed by atoms with Crippen LogP contribution in [0, 0.1) is 21.3 Å². The molecule has 4 aliphatic carbocycles. The highest BCUT2D eigenvalue weighted by atomic mass is 127. The van der Waals surface area contributed by atoms with Gasteiger partial charge in [0.15, 0.2) is 0 Å². The molecule has 4 fully saturated rings. The van der Waals surface area contributed by atoms with Crippen LogP contribution in [0.2, 0.25) is 0 Å². The molecule has 0 saturated heterocycles.